The molecule has 1 aliphatic rings. The number of nitro groups is 1. The van der Waals surface area contributed by atoms with Gasteiger partial charge in [-0.25, -0.2) is 0 Å². The van der Waals surface area contributed by atoms with Crippen LogP contribution >= 0.6 is 0 Å². The topological polar surface area (TPSA) is 75.5 Å². The molecule has 0 heterocycles. The lowest BCUT2D eigenvalue weighted by Crippen LogP contribution is -2.41. The van der Waals surface area contributed by atoms with Crippen molar-refractivity contribution < 1.29 is 9.72 Å². The predicted molar refractivity (Wildman–Crippen MR) is 81.6 cm³/mol. The molecule has 1 aromatic rings. The van der Waals surface area contributed by atoms with E-state index in [0.29, 0.717) is 11.3 Å². The number of nitrogens with zero attached hydrogens (tertiary/aromatic N) is 2. The molecule has 0 atom stereocenters. The van der Waals surface area contributed by atoms with Crippen molar-refractivity contribution in [3.63, 3.8) is 0 Å². The fraction of sp³-hybridized carbons (Fsp3) is 0.533. The molecule has 0 radical (unpaired) electrons. The summed E-state index contributed by atoms with van der Waals surface area (Å²) in [5, 5.41) is 14.1. The van der Waals surface area contributed by atoms with Crippen molar-refractivity contribution in [1.82, 2.24) is 4.90 Å². The van der Waals surface area contributed by atoms with Crippen LogP contribution < -0.4 is 5.32 Å². The van der Waals surface area contributed by atoms with E-state index < -0.39 is 4.92 Å². The van der Waals surface area contributed by atoms with Gasteiger partial charge in [0.05, 0.1) is 10.5 Å². The van der Waals surface area contributed by atoms with E-state index in [1.54, 1.807) is 18.0 Å². The number of hydrogen-bond acceptors (Lipinski definition) is 4. The zero-order chi connectivity index (χ0) is 15.4. The molecule has 1 amide bonds. The maximum atomic E-state index is 12.6. The Bertz CT molecular complexity index is 541. The highest BCUT2D eigenvalue weighted by molar-refractivity contribution is 6.00. The fourth-order valence-corrected chi connectivity index (χ4v) is 2.37. The molecular weight excluding hydrogens is 270 g/mol. The van der Waals surface area contributed by atoms with Crippen LogP contribution in [-0.4, -0.2) is 35.4 Å². The zero-order valence-electron chi connectivity index (χ0n) is 12.5. The normalized spacial score (nSPS) is 14.4. The van der Waals surface area contributed by atoms with Gasteiger partial charge in [0.2, 0.25) is 0 Å². The summed E-state index contributed by atoms with van der Waals surface area (Å²) in [5.41, 5.74) is 0.994. The van der Waals surface area contributed by atoms with Gasteiger partial charge in [0, 0.05) is 37.5 Å². The van der Waals surface area contributed by atoms with Crippen LogP contribution in [0.3, 0.4) is 0 Å². The third kappa shape index (κ3) is 3.32. The number of carbonyl (C=O) groups is 1. The molecule has 0 bridgehead atoms. The van der Waals surface area contributed by atoms with Gasteiger partial charge >= 0.3 is 0 Å². The first-order valence-electron chi connectivity index (χ1n) is 7.34. The number of benzene rings is 1. The van der Waals surface area contributed by atoms with E-state index in [4.69, 9.17) is 0 Å². The summed E-state index contributed by atoms with van der Waals surface area (Å²) in [5.74, 6) is -0.151. The number of rotatable bonds is 6. The average molecular weight is 291 g/mol. The van der Waals surface area contributed by atoms with Crippen LogP contribution in [0.4, 0.5) is 11.4 Å². The van der Waals surface area contributed by atoms with E-state index in [9.17, 15) is 14.9 Å². The molecule has 1 aliphatic carbocycles. The Morgan fingerprint density at radius 2 is 2.19 bits per heavy atom. The van der Waals surface area contributed by atoms with Crippen LogP contribution in [0.2, 0.25) is 0 Å². The van der Waals surface area contributed by atoms with Crippen LogP contribution in [-0.2, 0) is 0 Å². The van der Waals surface area contributed by atoms with Crippen molar-refractivity contribution >= 4 is 17.3 Å². The number of hydrogen-bond donors (Lipinski definition) is 1. The maximum absolute atomic E-state index is 12.6. The summed E-state index contributed by atoms with van der Waals surface area (Å²) in [6.45, 7) is 2.76. The molecule has 114 valence electrons. The van der Waals surface area contributed by atoms with Crippen molar-refractivity contribution in [1.29, 1.82) is 0 Å². The molecule has 1 N–H and O–H groups in total. The first-order valence-corrected chi connectivity index (χ1v) is 7.34. The van der Waals surface area contributed by atoms with Crippen molar-refractivity contribution in [2.75, 3.05) is 18.9 Å². The lowest BCUT2D eigenvalue weighted by Gasteiger charge is -2.35. The SMILES string of the molecule is CCCNc1ccc([N+](=O)[O-])cc1C(=O)N(C)C1CCC1. The van der Waals surface area contributed by atoms with E-state index in [0.717, 1.165) is 32.2 Å². The molecule has 6 heteroatoms. The predicted octanol–water partition coefficient (Wildman–Crippen LogP) is 3.04. The van der Waals surface area contributed by atoms with Crippen LogP contribution in [0.15, 0.2) is 18.2 Å². The molecule has 1 fully saturated rings. The summed E-state index contributed by atoms with van der Waals surface area (Å²) < 4.78 is 0. The average Bonchev–Trinajstić information content (AvgIpc) is 2.42. The van der Waals surface area contributed by atoms with Crippen molar-refractivity contribution in [2.24, 2.45) is 0 Å². The largest absolute Gasteiger partial charge is 0.384 e. The molecular formula is C15H21N3O3. The Morgan fingerprint density at radius 1 is 1.48 bits per heavy atom. The Kier molecular flexibility index (Phi) is 4.77. The van der Waals surface area contributed by atoms with E-state index in [2.05, 4.69) is 5.32 Å². The van der Waals surface area contributed by atoms with Crippen LogP contribution in [0.1, 0.15) is 43.0 Å². The third-order valence-electron chi connectivity index (χ3n) is 3.95. The van der Waals surface area contributed by atoms with E-state index in [-0.39, 0.29) is 17.6 Å². The monoisotopic (exact) mass is 291 g/mol. The standard InChI is InChI=1S/C15H21N3O3/c1-3-9-16-14-8-7-12(18(20)21)10-13(14)15(19)17(2)11-5-4-6-11/h7-8,10-11,16H,3-6,9H2,1-2H3. The lowest BCUT2D eigenvalue weighted by molar-refractivity contribution is -0.384. The maximum Gasteiger partial charge on any atom is 0.270 e. The highest BCUT2D eigenvalue weighted by atomic mass is 16.6. The second kappa shape index (κ2) is 6.56. The minimum absolute atomic E-state index is 0.0533. The number of amides is 1. The number of nitrogens with one attached hydrogen (secondary N) is 1. The highest BCUT2D eigenvalue weighted by Gasteiger charge is 2.28. The molecule has 0 aliphatic heterocycles. The van der Waals surface area contributed by atoms with Crippen LogP contribution in [0.5, 0.6) is 0 Å². The molecule has 0 aromatic heterocycles. The fourth-order valence-electron chi connectivity index (χ4n) is 2.37. The Morgan fingerprint density at radius 3 is 2.71 bits per heavy atom. The van der Waals surface area contributed by atoms with Gasteiger partial charge in [-0.1, -0.05) is 6.92 Å². The molecule has 1 aromatic carbocycles. The van der Waals surface area contributed by atoms with E-state index >= 15 is 0 Å². The van der Waals surface area contributed by atoms with E-state index in [1.807, 2.05) is 6.92 Å². The first-order chi connectivity index (χ1) is 10.0. The number of non-ortho nitro benzene ring substituents is 1. The minimum atomic E-state index is -0.469. The zero-order valence-corrected chi connectivity index (χ0v) is 12.5. The molecule has 6 nitrogen and oxygen atoms in total. The van der Waals surface area contributed by atoms with Gasteiger partial charge < -0.3 is 10.2 Å². The Labute approximate surface area is 124 Å². The number of nitro benzene ring substituents is 1. The quantitative estimate of drug-likeness (QED) is 0.645. The van der Waals surface area contributed by atoms with Gasteiger partial charge in [-0.3, -0.25) is 14.9 Å². The highest BCUT2D eigenvalue weighted by Crippen LogP contribution is 2.28. The van der Waals surface area contributed by atoms with Crippen LogP contribution in [0, 0.1) is 10.1 Å². The summed E-state index contributed by atoms with van der Waals surface area (Å²) in [7, 11) is 1.77. The van der Waals surface area contributed by atoms with Crippen LogP contribution in [0.25, 0.3) is 0 Å². The summed E-state index contributed by atoms with van der Waals surface area (Å²) in [6.07, 6.45) is 4.07. The molecule has 2 rings (SSSR count). The van der Waals surface area contributed by atoms with Gasteiger partial charge in [-0.15, -0.1) is 0 Å². The molecule has 0 unspecified atom stereocenters. The van der Waals surface area contributed by atoms with Gasteiger partial charge in [0.15, 0.2) is 0 Å². The minimum Gasteiger partial charge on any atom is -0.384 e. The van der Waals surface area contributed by atoms with Gasteiger partial charge in [-0.05, 0) is 31.7 Å². The second-order valence-electron chi connectivity index (χ2n) is 5.41. The van der Waals surface area contributed by atoms with Gasteiger partial charge in [-0.2, -0.15) is 0 Å². The molecule has 21 heavy (non-hydrogen) atoms. The van der Waals surface area contributed by atoms with Crippen molar-refractivity contribution in [3.8, 4) is 0 Å². The molecule has 1 saturated carbocycles. The first kappa shape index (κ1) is 15.3. The molecule has 0 spiro atoms. The summed E-state index contributed by atoms with van der Waals surface area (Å²) in [4.78, 5) is 24.8. The van der Waals surface area contributed by atoms with Crippen molar-refractivity contribution in [3.05, 3.63) is 33.9 Å². The Balaban J connectivity index is 2.29. The third-order valence-corrected chi connectivity index (χ3v) is 3.95. The lowest BCUT2D eigenvalue weighted by atomic mass is 9.91. The van der Waals surface area contributed by atoms with Gasteiger partial charge in [0.25, 0.3) is 11.6 Å². The number of carbonyl (C=O) groups excluding carboxylic acids is 1. The van der Waals surface area contributed by atoms with Gasteiger partial charge in [0.1, 0.15) is 0 Å². The number of anilines is 1. The summed E-state index contributed by atoms with van der Waals surface area (Å²) in [6, 6.07) is 4.68. The van der Waals surface area contributed by atoms with E-state index in [1.165, 1.54) is 12.1 Å². The Hall–Kier alpha value is -2.11. The smallest absolute Gasteiger partial charge is 0.270 e. The molecule has 0 saturated heterocycles. The summed E-state index contributed by atoms with van der Waals surface area (Å²) >= 11 is 0. The van der Waals surface area contributed by atoms with Crippen molar-refractivity contribution in [2.45, 2.75) is 38.6 Å². The second-order valence-corrected chi connectivity index (χ2v) is 5.41.